The van der Waals surface area contributed by atoms with Crippen molar-refractivity contribution in [1.29, 1.82) is 0 Å². The number of esters is 1. The van der Waals surface area contributed by atoms with E-state index in [2.05, 4.69) is 44.5 Å². The van der Waals surface area contributed by atoms with Crippen LogP contribution in [0, 0.1) is 0 Å². The monoisotopic (exact) mass is 500 g/mol. The predicted molar refractivity (Wildman–Crippen MR) is 136 cm³/mol. The van der Waals surface area contributed by atoms with Gasteiger partial charge in [-0.2, -0.15) is 0 Å². The third-order valence-electron chi connectivity index (χ3n) is 5.01. The minimum Gasteiger partial charge on any atom is -0.465 e. The van der Waals surface area contributed by atoms with Crippen LogP contribution < -0.4 is 5.32 Å². The van der Waals surface area contributed by atoms with Gasteiger partial charge in [-0.25, -0.2) is 4.79 Å². The summed E-state index contributed by atoms with van der Waals surface area (Å²) < 4.78 is 8.13. The Hall–Kier alpha value is -2.69. The molecule has 3 aromatic heterocycles. The first-order valence-corrected chi connectivity index (χ1v) is 13.3. The lowest BCUT2D eigenvalue weighted by atomic mass is 10.1. The Balaban J connectivity index is 1.52. The Morgan fingerprint density at radius 2 is 2.03 bits per heavy atom. The largest absolute Gasteiger partial charge is 0.465 e. The second-order valence-electron chi connectivity index (χ2n) is 7.24. The summed E-state index contributed by atoms with van der Waals surface area (Å²) in [6, 6.07) is 10.0. The van der Waals surface area contributed by atoms with E-state index < -0.39 is 5.97 Å². The smallest absolute Gasteiger partial charge is 0.340 e. The fourth-order valence-electron chi connectivity index (χ4n) is 3.43. The molecule has 33 heavy (non-hydrogen) atoms. The van der Waals surface area contributed by atoms with Crippen molar-refractivity contribution in [2.45, 2.75) is 38.4 Å². The number of ether oxygens (including phenoxy) is 1. The summed E-state index contributed by atoms with van der Waals surface area (Å²) in [5.41, 5.74) is 1.44. The average molecular weight is 501 g/mol. The Kier molecular flexibility index (Phi) is 7.46. The van der Waals surface area contributed by atoms with Crippen molar-refractivity contribution in [2.75, 3.05) is 18.2 Å². The number of hydrogen-bond donors (Lipinski definition) is 1. The molecule has 0 unspecified atom stereocenters. The first-order chi connectivity index (χ1) is 16.0. The number of hydrogen-bond acceptors (Lipinski definition) is 8. The van der Waals surface area contributed by atoms with Crippen LogP contribution in [0.3, 0.4) is 0 Å². The van der Waals surface area contributed by atoms with Crippen LogP contribution in [0.15, 0.2) is 40.9 Å². The summed E-state index contributed by atoms with van der Waals surface area (Å²) in [5.74, 6) is 0.315. The lowest BCUT2D eigenvalue weighted by Crippen LogP contribution is -2.16. The molecule has 1 aromatic carbocycles. The van der Waals surface area contributed by atoms with E-state index >= 15 is 0 Å². The van der Waals surface area contributed by atoms with Crippen LogP contribution in [-0.2, 0) is 22.5 Å². The van der Waals surface area contributed by atoms with Gasteiger partial charge in [0.15, 0.2) is 11.0 Å². The number of rotatable bonds is 9. The number of aromatic nitrogens is 3. The third kappa shape index (κ3) is 4.97. The molecule has 0 radical (unpaired) electrons. The van der Waals surface area contributed by atoms with E-state index in [-0.39, 0.29) is 11.7 Å². The SMILES string of the molecule is CCCn1c(SCC(=O)Nc2sc(CC)cc2C(=O)OC)nnc1-c1csc2ccccc12. The highest BCUT2D eigenvalue weighted by atomic mass is 32.2. The number of nitrogens with zero attached hydrogens (tertiary/aromatic N) is 3. The standard InChI is InChI=1S/C23H24N4O3S3/c1-4-10-27-20(17-12-31-18-9-7-6-8-15(17)18)25-26-23(27)32-13-19(28)24-21-16(22(29)30-3)11-14(5-2)33-21/h6-9,11-12H,4-5,10,13H2,1-3H3,(H,24,28). The van der Waals surface area contributed by atoms with Crippen LogP contribution in [0.1, 0.15) is 35.5 Å². The molecule has 0 aliphatic heterocycles. The zero-order valence-corrected chi connectivity index (χ0v) is 21.0. The van der Waals surface area contributed by atoms with E-state index in [0.717, 1.165) is 41.0 Å². The second kappa shape index (κ2) is 10.5. The van der Waals surface area contributed by atoms with E-state index in [1.807, 2.05) is 19.1 Å². The fraction of sp³-hybridized carbons (Fsp3) is 0.304. The summed E-state index contributed by atoms with van der Waals surface area (Å²) >= 11 is 4.42. The zero-order chi connectivity index (χ0) is 23.4. The molecule has 0 aliphatic rings. The normalized spacial score (nSPS) is 11.1. The summed E-state index contributed by atoms with van der Waals surface area (Å²) in [6.45, 7) is 4.87. The lowest BCUT2D eigenvalue weighted by Gasteiger charge is -2.09. The number of thioether (sulfide) groups is 1. The van der Waals surface area contributed by atoms with Gasteiger partial charge < -0.3 is 14.6 Å². The number of benzene rings is 1. The lowest BCUT2D eigenvalue weighted by molar-refractivity contribution is -0.113. The minimum absolute atomic E-state index is 0.159. The molecule has 1 N–H and O–H groups in total. The molecule has 4 rings (SSSR count). The molecule has 0 bridgehead atoms. The highest BCUT2D eigenvalue weighted by Crippen LogP contribution is 2.35. The molecule has 10 heteroatoms. The molecule has 1 amide bonds. The number of amides is 1. The van der Waals surface area contributed by atoms with Crippen LogP contribution in [0.25, 0.3) is 21.5 Å². The quantitative estimate of drug-likeness (QED) is 0.234. The summed E-state index contributed by atoms with van der Waals surface area (Å²) in [4.78, 5) is 25.8. The molecular formula is C23H24N4O3S3. The highest BCUT2D eigenvalue weighted by Gasteiger charge is 2.20. The maximum atomic E-state index is 12.7. The van der Waals surface area contributed by atoms with Gasteiger partial charge in [0.05, 0.1) is 18.4 Å². The number of carbonyl (C=O) groups excluding carboxylic acids is 2. The van der Waals surface area contributed by atoms with Crippen LogP contribution in [0.2, 0.25) is 0 Å². The van der Waals surface area contributed by atoms with Gasteiger partial charge in [0.1, 0.15) is 5.00 Å². The molecule has 0 aliphatic carbocycles. The van der Waals surface area contributed by atoms with Crippen molar-refractivity contribution in [3.63, 3.8) is 0 Å². The van der Waals surface area contributed by atoms with Gasteiger partial charge in [-0.1, -0.05) is 43.8 Å². The van der Waals surface area contributed by atoms with Gasteiger partial charge in [-0.3, -0.25) is 4.79 Å². The first kappa shape index (κ1) is 23.5. The third-order valence-corrected chi connectivity index (χ3v) is 8.13. The maximum absolute atomic E-state index is 12.7. The topological polar surface area (TPSA) is 86.1 Å². The number of methoxy groups -OCH3 is 1. The number of thiophene rings is 2. The molecule has 172 valence electrons. The molecule has 0 spiro atoms. The van der Waals surface area contributed by atoms with E-state index in [4.69, 9.17) is 4.74 Å². The van der Waals surface area contributed by atoms with E-state index in [1.54, 1.807) is 17.4 Å². The Bertz CT molecular complexity index is 1290. The molecule has 3 heterocycles. The molecule has 4 aromatic rings. The zero-order valence-electron chi connectivity index (χ0n) is 18.6. The number of nitrogens with one attached hydrogen (secondary N) is 1. The van der Waals surface area contributed by atoms with Gasteiger partial charge in [-0.15, -0.1) is 32.9 Å². The van der Waals surface area contributed by atoms with Crippen LogP contribution in [-0.4, -0.2) is 39.5 Å². The Morgan fingerprint density at radius 3 is 2.79 bits per heavy atom. The number of aryl methyl sites for hydroxylation is 1. The van der Waals surface area contributed by atoms with Crippen molar-refractivity contribution in [1.82, 2.24) is 14.8 Å². The molecule has 0 saturated carbocycles. The van der Waals surface area contributed by atoms with Crippen molar-refractivity contribution in [3.8, 4) is 11.4 Å². The molecule has 0 fully saturated rings. The van der Waals surface area contributed by atoms with Gasteiger partial charge in [0, 0.05) is 32.5 Å². The number of anilines is 1. The van der Waals surface area contributed by atoms with E-state index in [9.17, 15) is 9.59 Å². The van der Waals surface area contributed by atoms with Crippen LogP contribution in [0.5, 0.6) is 0 Å². The minimum atomic E-state index is -0.454. The molecular weight excluding hydrogens is 476 g/mol. The van der Waals surface area contributed by atoms with Crippen molar-refractivity contribution >= 4 is 61.4 Å². The van der Waals surface area contributed by atoms with E-state index in [1.165, 1.54) is 34.9 Å². The maximum Gasteiger partial charge on any atom is 0.340 e. The summed E-state index contributed by atoms with van der Waals surface area (Å²) in [7, 11) is 1.34. The van der Waals surface area contributed by atoms with Crippen LogP contribution >= 0.6 is 34.4 Å². The van der Waals surface area contributed by atoms with Gasteiger partial charge in [-0.05, 0) is 25.0 Å². The van der Waals surface area contributed by atoms with E-state index in [0.29, 0.717) is 15.7 Å². The second-order valence-corrected chi connectivity index (χ2v) is 10.2. The van der Waals surface area contributed by atoms with Gasteiger partial charge >= 0.3 is 5.97 Å². The summed E-state index contributed by atoms with van der Waals surface area (Å²) in [5, 5.41) is 16.2. The van der Waals surface area contributed by atoms with Crippen LogP contribution in [0.4, 0.5) is 5.00 Å². The van der Waals surface area contributed by atoms with Crippen molar-refractivity contribution in [2.24, 2.45) is 0 Å². The molecule has 0 atom stereocenters. The fourth-order valence-corrected chi connectivity index (χ4v) is 6.14. The summed E-state index contributed by atoms with van der Waals surface area (Å²) in [6.07, 6.45) is 1.70. The first-order valence-electron chi connectivity index (χ1n) is 10.6. The van der Waals surface area contributed by atoms with Crippen molar-refractivity contribution in [3.05, 3.63) is 46.2 Å². The predicted octanol–water partition coefficient (Wildman–Crippen LogP) is 5.71. The molecule has 7 nitrogen and oxygen atoms in total. The average Bonchev–Trinajstić information content (AvgIpc) is 3.54. The highest BCUT2D eigenvalue weighted by molar-refractivity contribution is 7.99. The number of fused-ring (bicyclic) bond motifs is 1. The van der Waals surface area contributed by atoms with Gasteiger partial charge in [0.25, 0.3) is 0 Å². The van der Waals surface area contributed by atoms with Gasteiger partial charge in [0.2, 0.25) is 5.91 Å². The van der Waals surface area contributed by atoms with Crippen molar-refractivity contribution < 1.29 is 14.3 Å². The number of carbonyl (C=O) groups is 2. The molecule has 0 saturated heterocycles. The Labute approximate surface area is 204 Å². The Morgan fingerprint density at radius 1 is 1.21 bits per heavy atom.